The van der Waals surface area contributed by atoms with E-state index in [2.05, 4.69) is 17.0 Å². The molecule has 0 saturated heterocycles. The van der Waals surface area contributed by atoms with E-state index < -0.39 is 0 Å². The van der Waals surface area contributed by atoms with Crippen LogP contribution in [-0.2, 0) is 6.54 Å². The number of phenolic OH excluding ortho intramolecular Hbond substituents is 1. The molecule has 3 heteroatoms. The summed E-state index contributed by atoms with van der Waals surface area (Å²) in [7, 11) is 2.04. The Balaban J connectivity index is 2.14. The Kier molecular flexibility index (Phi) is 3.17. The van der Waals surface area contributed by atoms with Crippen molar-refractivity contribution in [3.05, 3.63) is 64.7 Å². The molecule has 100 valence electrons. The van der Waals surface area contributed by atoms with Gasteiger partial charge >= 0.3 is 0 Å². The first-order valence-corrected chi connectivity index (χ1v) is 6.69. The zero-order valence-corrected chi connectivity index (χ0v) is 11.4. The fraction of sp³-hybridized carbons (Fsp3) is 0.235. The molecule has 0 amide bonds. The first-order chi connectivity index (χ1) is 9.70. The summed E-state index contributed by atoms with van der Waals surface area (Å²) in [5.74, 6) is 0.376. The predicted octanol–water partition coefficient (Wildman–Crippen LogP) is 2.84. The van der Waals surface area contributed by atoms with Crippen LogP contribution in [0.3, 0.4) is 0 Å². The second-order valence-electron chi connectivity index (χ2n) is 5.30. The van der Waals surface area contributed by atoms with Crippen LogP contribution >= 0.6 is 0 Å². The highest BCUT2D eigenvalue weighted by atomic mass is 16.3. The Morgan fingerprint density at radius 3 is 2.65 bits per heavy atom. The molecule has 20 heavy (non-hydrogen) atoms. The van der Waals surface area contributed by atoms with E-state index >= 15 is 0 Å². The average Bonchev–Trinajstić information content (AvgIpc) is 2.48. The molecule has 3 nitrogen and oxygen atoms in total. The van der Waals surface area contributed by atoms with Gasteiger partial charge in [0.15, 0.2) is 0 Å². The van der Waals surface area contributed by atoms with E-state index in [0.29, 0.717) is 12.1 Å². The predicted molar refractivity (Wildman–Crippen MR) is 77.4 cm³/mol. The van der Waals surface area contributed by atoms with Gasteiger partial charge in [-0.25, -0.2) is 0 Å². The van der Waals surface area contributed by atoms with Crippen molar-refractivity contribution < 1.29 is 5.11 Å². The van der Waals surface area contributed by atoms with E-state index in [-0.39, 0.29) is 11.7 Å². The summed E-state index contributed by atoms with van der Waals surface area (Å²) in [6.07, 6.45) is 0. The zero-order chi connectivity index (χ0) is 14.1. The Morgan fingerprint density at radius 2 is 1.95 bits per heavy atom. The van der Waals surface area contributed by atoms with Gasteiger partial charge in [0, 0.05) is 24.6 Å². The molecular formula is C17H16N2O. The lowest BCUT2D eigenvalue weighted by atomic mass is 9.83. The van der Waals surface area contributed by atoms with E-state index in [1.54, 1.807) is 6.07 Å². The topological polar surface area (TPSA) is 47.3 Å². The summed E-state index contributed by atoms with van der Waals surface area (Å²) in [6.45, 7) is 1.60. The lowest BCUT2D eigenvalue weighted by molar-refractivity contribution is 0.288. The lowest BCUT2D eigenvalue weighted by Gasteiger charge is -2.33. The van der Waals surface area contributed by atoms with Gasteiger partial charge in [-0.3, -0.25) is 0 Å². The SMILES string of the molecule is CN1Cc2c(ccc(C#N)c2O)C(c2ccccc2)C1. The van der Waals surface area contributed by atoms with Gasteiger partial charge in [0.05, 0.1) is 5.56 Å². The summed E-state index contributed by atoms with van der Waals surface area (Å²) in [4.78, 5) is 2.18. The van der Waals surface area contributed by atoms with Crippen LogP contribution in [0.4, 0.5) is 0 Å². The molecular weight excluding hydrogens is 248 g/mol. The smallest absolute Gasteiger partial charge is 0.138 e. The molecule has 2 aromatic rings. The van der Waals surface area contributed by atoms with Crippen molar-refractivity contribution in [2.75, 3.05) is 13.6 Å². The Hall–Kier alpha value is -2.31. The van der Waals surface area contributed by atoms with E-state index in [4.69, 9.17) is 5.26 Å². The van der Waals surface area contributed by atoms with Gasteiger partial charge in [0.25, 0.3) is 0 Å². The normalized spacial score (nSPS) is 18.3. The Bertz CT molecular complexity index is 673. The van der Waals surface area contributed by atoms with Crippen molar-refractivity contribution in [1.29, 1.82) is 5.26 Å². The van der Waals surface area contributed by atoms with Crippen LogP contribution in [0.1, 0.15) is 28.2 Å². The quantitative estimate of drug-likeness (QED) is 0.861. The second kappa shape index (κ2) is 4.99. The number of nitriles is 1. The first-order valence-electron chi connectivity index (χ1n) is 6.69. The van der Waals surface area contributed by atoms with E-state index in [0.717, 1.165) is 17.7 Å². The third-order valence-electron chi connectivity index (χ3n) is 3.94. The third kappa shape index (κ3) is 2.04. The number of benzene rings is 2. The van der Waals surface area contributed by atoms with E-state index in [9.17, 15) is 5.11 Å². The van der Waals surface area contributed by atoms with Gasteiger partial charge in [0.2, 0.25) is 0 Å². The van der Waals surface area contributed by atoms with E-state index in [1.165, 1.54) is 5.56 Å². The van der Waals surface area contributed by atoms with Gasteiger partial charge in [0.1, 0.15) is 11.8 Å². The van der Waals surface area contributed by atoms with Gasteiger partial charge in [-0.2, -0.15) is 5.26 Å². The molecule has 0 aromatic heterocycles. The van der Waals surface area contributed by atoms with Gasteiger partial charge < -0.3 is 10.0 Å². The largest absolute Gasteiger partial charge is 0.506 e. The molecule has 1 unspecified atom stereocenters. The molecule has 2 aromatic carbocycles. The van der Waals surface area contributed by atoms with Gasteiger partial charge in [-0.15, -0.1) is 0 Å². The first kappa shape index (κ1) is 12.7. The fourth-order valence-corrected chi connectivity index (χ4v) is 2.95. The number of hydrogen-bond acceptors (Lipinski definition) is 3. The third-order valence-corrected chi connectivity index (χ3v) is 3.94. The number of nitrogens with zero attached hydrogens (tertiary/aromatic N) is 2. The van der Waals surface area contributed by atoms with E-state index in [1.807, 2.05) is 37.4 Å². The minimum atomic E-state index is 0.137. The van der Waals surface area contributed by atoms with Crippen molar-refractivity contribution in [3.8, 4) is 11.8 Å². The maximum Gasteiger partial charge on any atom is 0.138 e. The number of likely N-dealkylation sites (N-methyl/N-ethyl adjacent to an activating group) is 1. The van der Waals surface area contributed by atoms with Crippen LogP contribution < -0.4 is 0 Å². The molecule has 1 N–H and O–H groups in total. The molecule has 1 aliphatic heterocycles. The standard InChI is InChI=1S/C17H16N2O/c1-19-10-15(12-5-3-2-4-6-12)14-8-7-13(9-18)17(20)16(14)11-19/h2-8,15,20H,10-11H2,1H3. The van der Waals surface area contributed by atoms with Crippen molar-refractivity contribution in [2.24, 2.45) is 0 Å². The molecule has 1 heterocycles. The van der Waals surface area contributed by atoms with Crippen molar-refractivity contribution in [3.63, 3.8) is 0 Å². The summed E-state index contributed by atoms with van der Waals surface area (Å²) in [5, 5.41) is 19.3. The molecule has 0 aliphatic carbocycles. The van der Waals surface area contributed by atoms with Crippen molar-refractivity contribution in [2.45, 2.75) is 12.5 Å². The molecule has 0 bridgehead atoms. The van der Waals surface area contributed by atoms with Gasteiger partial charge in [-0.1, -0.05) is 36.4 Å². The zero-order valence-electron chi connectivity index (χ0n) is 11.4. The molecule has 0 fully saturated rings. The maximum atomic E-state index is 10.3. The molecule has 1 aliphatic rings. The number of aromatic hydroxyl groups is 1. The molecule has 3 rings (SSSR count). The van der Waals surface area contributed by atoms with Crippen LogP contribution in [0.15, 0.2) is 42.5 Å². The summed E-state index contributed by atoms with van der Waals surface area (Å²) < 4.78 is 0. The van der Waals surface area contributed by atoms with Crippen LogP contribution in [-0.4, -0.2) is 23.6 Å². The lowest BCUT2D eigenvalue weighted by Crippen LogP contribution is -2.31. The summed E-state index contributed by atoms with van der Waals surface area (Å²) >= 11 is 0. The second-order valence-corrected chi connectivity index (χ2v) is 5.30. The summed E-state index contributed by atoms with van der Waals surface area (Å²) in [5.41, 5.74) is 3.60. The van der Waals surface area contributed by atoms with Crippen molar-refractivity contribution >= 4 is 0 Å². The highest BCUT2D eigenvalue weighted by molar-refractivity contribution is 5.54. The number of hydrogen-bond donors (Lipinski definition) is 1. The van der Waals surface area contributed by atoms with Crippen LogP contribution in [0.5, 0.6) is 5.75 Å². The maximum absolute atomic E-state index is 10.3. The van der Waals surface area contributed by atoms with Crippen LogP contribution in [0, 0.1) is 11.3 Å². The Morgan fingerprint density at radius 1 is 1.20 bits per heavy atom. The van der Waals surface area contributed by atoms with Crippen LogP contribution in [0.25, 0.3) is 0 Å². The molecule has 1 atom stereocenters. The fourth-order valence-electron chi connectivity index (χ4n) is 2.95. The highest BCUT2D eigenvalue weighted by Crippen LogP contribution is 2.38. The monoisotopic (exact) mass is 264 g/mol. The highest BCUT2D eigenvalue weighted by Gasteiger charge is 2.27. The molecule has 0 spiro atoms. The molecule has 0 saturated carbocycles. The number of fused-ring (bicyclic) bond motifs is 1. The summed E-state index contributed by atoms with van der Waals surface area (Å²) in [6, 6.07) is 16.1. The number of phenols is 1. The minimum Gasteiger partial charge on any atom is -0.506 e. The van der Waals surface area contributed by atoms with Crippen molar-refractivity contribution in [1.82, 2.24) is 4.90 Å². The average molecular weight is 264 g/mol. The number of rotatable bonds is 1. The minimum absolute atomic E-state index is 0.137. The van der Waals surface area contributed by atoms with Crippen LogP contribution in [0.2, 0.25) is 0 Å². The van der Waals surface area contributed by atoms with Gasteiger partial charge in [-0.05, 0) is 24.2 Å². The molecule has 0 radical (unpaired) electrons. The Labute approximate surface area is 118 Å².